The number of benzene rings is 3. The number of anilines is 1. The summed E-state index contributed by atoms with van der Waals surface area (Å²) in [5.41, 5.74) is 0.461. The van der Waals surface area contributed by atoms with Crippen molar-refractivity contribution < 1.29 is 27.5 Å². The molecule has 39 heavy (non-hydrogen) atoms. The quantitative estimate of drug-likeness (QED) is 0.417. The summed E-state index contributed by atoms with van der Waals surface area (Å²) in [6, 6.07) is 23.4. The molecule has 3 aromatic rings. The number of rotatable bonds is 8. The second-order valence-corrected chi connectivity index (χ2v) is 11.3. The van der Waals surface area contributed by atoms with E-state index in [0.29, 0.717) is 24.5 Å². The van der Waals surface area contributed by atoms with Gasteiger partial charge in [-0.25, -0.2) is 13.2 Å². The first-order chi connectivity index (χ1) is 18.8. The summed E-state index contributed by atoms with van der Waals surface area (Å²) >= 11 is 0. The lowest BCUT2D eigenvalue weighted by molar-refractivity contribution is -0.134. The van der Waals surface area contributed by atoms with Crippen molar-refractivity contribution in [2.45, 2.75) is 16.9 Å². The van der Waals surface area contributed by atoms with Gasteiger partial charge in [-0.15, -0.1) is 0 Å². The Bertz CT molecular complexity index is 1460. The number of carbonyl (C=O) groups excluding carboxylic acids is 3. The predicted octanol–water partition coefficient (Wildman–Crippen LogP) is 2.34. The van der Waals surface area contributed by atoms with Gasteiger partial charge in [0.1, 0.15) is 6.54 Å². The maximum absolute atomic E-state index is 13.7. The summed E-state index contributed by atoms with van der Waals surface area (Å²) in [4.78, 5) is 40.6. The fraction of sp³-hybridized carbons (Fsp3) is 0.250. The van der Waals surface area contributed by atoms with Gasteiger partial charge in [0.05, 0.1) is 18.1 Å². The van der Waals surface area contributed by atoms with Crippen LogP contribution in [0.5, 0.6) is 0 Å². The second-order valence-electron chi connectivity index (χ2n) is 9.34. The van der Waals surface area contributed by atoms with E-state index in [2.05, 4.69) is 10.6 Å². The minimum atomic E-state index is -3.67. The van der Waals surface area contributed by atoms with E-state index in [1.54, 1.807) is 24.3 Å². The van der Waals surface area contributed by atoms with Crippen molar-refractivity contribution in [3.63, 3.8) is 0 Å². The van der Waals surface area contributed by atoms with Gasteiger partial charge >= 0.3 is 6.03 Å². The Labute approximate surface area is 226 Å². The normalized spacial score (nSPS) is 20.1. The summed E-state index contributed by atoms with van der Waals surface area (Å²) in [7, 11) is -3.67. The van der Waals surface area contributed by atoms with Gasteiger partial charge in [0, 0.05) is 25.2 Å². The zero-order valence-corrected chi connectivity index (χ0v) is 21.9. The summed E-state index contributed by atoms with van der Waals surface area (Å²) < 4.78 is 32.2. The standard InChI is InChI=1S/C28H28N4O6S/c33-25(29-23-11-13-24(14-12-23)39(36,37)31-15-17-38-18-16-31)20-32-26(34)28(30-27(32)35,22-9-5-2-6-10-22)19-21-7-3-1-4-8-21/h1-14H,15-20H2,(H,29,33)(H,30,35)/t28-/m1/s1. The van der Waals surface area contributed by atoms with Crippen LogP contribution in [0, 0.1) is 0 Å². The van der Waals surface area contributed by atoms with E-state index >= 15 is 0 Å². The molecule has 0 radical (unpaired) electrons. The number of morpholine rings is 1. The molecule has 4 amide bonds. The molecule has 2 saturated heterocycles. The highest BCUT2D eigenvalue weighted by Crippen LogP contribution is 2.33. The fourth-order valence-corrected chi connectivity index (χ4v) is 6.21. The van der Waals surface area contributed by atoms with Crippen LogP contribution in [0.2, 0.25) is 0 Å². The number of amides is 4. The highest BCUT2D eigenvalue weighted by atomic mass is 32.2. The Morgan fingerprint density at radius 1 is 0.897 bits per heavy atom. The zero-order valence-electron chi connectivity index (χ0n) is 21.1. The molecule has 2 heterocycles. The molecule has 11 heteroatoms. The summed E-state index contributed by atoms with van der Waals surface area (Å²) in [5.74, 6) is -1.12. The highest BCUT2D eigenvalue weighted by molar-refractivity contribution is 7.89. The molecule has 0 spiro atoms. The minimum absolute atomic E-state index is 0.102. The number of ether oxygens (including phenoxy) is 1. The van der Waals surface area contributed by atoms with Crippen molar-refractivity contribution in [2.24, 2.45) is 0 Å². The number of hydrogen-bond donors (Lipinski definition) is 2. The Kier molecular flexibility index (Phi) is 7.47. The van der Waals surface area contributed by atoms with E-state index in [1.807, 2.05) is 36.4 Å². The third-order valence-electron chi connectivity index (χ3n) is 6.80. The lowest BCUT2D eigenvalue weighted by atomic mass is 9.83. The van der Waals surface area contributed by atoms with Crippen molar-refractivity contribution in [1.82, 2.24) is 14.5 Å². The molecule has 0 saturated carbocycles. The molecule has 202 valence electrons. The summed E-state index contributed by atoms with van der Waals surface area (Å²) in [6.07, 6.45) is 0.222. The molecule has 2 N–H and O–H groups in total. The molecule has 0 bridgehead atoms. The van der Waals surface area contributed by atoms with Gasteiger partial charge in [-0.3, -0.25) is 14.5 Å². The Morgan fingerprint density at radius 2 is 1.51 bits per heavy atom. The lowest BCUT2D eigenvalue weighted by Gasteiger charge is -2.27. The summed E-state index contributed by atoms with van der Waals surface area (Å²) in [6.45, 7) is 0.741. The van der Waals surface area contributed by atoms with Gasteiger partial charge in [-0.05, 0) is 35.4 Å². The number of urea groups is 1. The van der Waals surface area contributed by atoms with Crippen LogP contribution >= 0.6 is 0 Å². The topological polar surface area (TPSA) is 125 Å². The van der Waals surface area contributed by atoms with E-state index in [0.717, 1.165) is 10.5 Å². The smallest absolute Gasteiger partial charge is 0.325 e. The van der Waals surface area contributed by atoms with Gasteiger partial charge in [0.25, 0.3) is 5.91 Å². The van der Waals surface area contributed by atoms with E-state index < -0.39 is 40.0 Å². The average Bonchev–Trinajstić information content (AvgIpc) is 3.19. The zero-order chi connectivity index (χ0) is 27.5. The third kappa shape index (κ3) is 5.42. The Hall–Kier alpha value is -4.06. The van der Waals surface area contributed by atoms with Crippen molar-refractivity contribution in [1.29, 1.82) is 0 Å². The molecular formula is C28H28N4O6S. The molecule has 2 aliphatic heterocycles. The molecule has 0 aliphatic carbocycles. The van der Waals surface area contributed by atoms with Crippen LogP contribution in [-0.2, 0) is 36.3 Å². The minimum Gasteiger partial charge on any atom is -0.379 e. The average molecular weight is 549 g/mol. The van der Waals surface area contributed by atoms with Gasteiger partial charge in [0.15, 0.2) is 5.54 Å². The molecule has 3 aromatic carbocycles. The Balaban J connectivity index is 1.30. The van der Waals surface area contributed by atoms with Crippen LogP contribution in [0.3, 0.4) is 0 Å². The van der Waals surface area contributed by atoms with E-state index in [4.69, 9.17) is 4.74 Å². The number of nitrogens with one attached hydrogen (secondary N) is 2. The van der Waals surface area contributed by atoms with Crippen molar-refractivity contribution in [2.75, 3.05) is 38.2 Å². The van der Waals surface area contributed by atoms with E-state index in [9.17, 15) is 22.8 Å². The molecule has 10 nitrogen and oxygen atoms in total. The van der Waals surface area contributed by atoms with Gasteiger partial charge in [0.2, 0.25) is 15.9 Å². The molecule has 0 unspecified atom stereocenters. The lowest BCUT2D eigenvalue weighted by Crippen LogP contribution is -2.46. The molecule has 1 atom stereocenters. The SMILES string of the molecule is O=C(CN1C(=O)N[C@](Cc2ccccc2)(c2ccccc2)C1=O)Nc1ccc(S(=O)(=O)N2CCOCC2)cc1. The van der Waals surface area contributed by atoms with Crippen LogP contribution in [-0.4, -0.2) is 68.3 Å². The number of hydrogen-bond acceptors (Lipinski definition) is 6. The van der Waals surface area contributed by atoms with Gasteiger partial charge < -0.3 is 15.4 Å². The monoisotopic (exact) mass is 548 g/mol. The number of sulfonamides is 1. The first-order valence-corrected chi connectivity index (χ1v) is 13.9. The number of nitrogens with zero attached hydrogens (tertiary/aromatic N) is 2. The molecule has 0 aromatic heterocycles. The van der Waals surface area contributed by atoms with Gasteiger partial charge in [-0.2, -0.15) is 4.31 Å². The Morgan fingerprint density at radius 3 is 2.15 bits per heavy atom. The summed E-state index contributed by atoms with van der Waals surface area (Å²) in [5, 5.41) is 5.48. The molecule has 5 rings (SSSR count). The largest absolute Gasteiger partial charge is 0.379 e. The molecule has 2 fully saturated rings. The second kappa shape index (κ2) is 11.0. The van der Waals surface area contributed by atoms with Crippen LogP contribution in [0.1, 0.15) is 11.1 Å². The first-order valence-electron chi connectivity index (χ1n) is 12.5. The van der Waals surface area contributed by atoms with Crippen LogP contribution in [0.15, 0.2) is 89.8 Å². The maximum Gasteiger partial charge on any atom is 0.325 e. The van der Waals surface area contributed by atoms with Crippen LogP contribution in [0.4, 0.5) is 10.5 Å². The van der Waals surface area contributed by atoms with E-state index in [1.165, 1.54) is 28.6 Å². The third-order valence-corrected chi connectivity index (χ3v) is 8.71. The van der Waals surface area contributed by atoms with Crippen molar-refractivity contribution in [3.05, 3.63) is 96.1 Å². The maximum atomic E-state index is 13.7. The molecular weight excluding hydrogens is 520 g/mol. The van der Waals surface area contributed by atoms with Crippen LogP contribution < -0.4 is 10.6 Å². The van der Waals surface area contributed by atoms with Gasteiger partial charge in [-0.1, -0.05) is 60.7 Å². The van der Waals surface area contributed by atoms with Crippen LogP contribution in [0.25, 0.3) is 0 Å². The van der Waals surface area contributed by atoms with Crippen molar-refractivity contribution >= 4 is 33.6 Å². The first kappa shape index (κ1) is 26.5. The van der Waals surface area contributed by atoms with Crippen molar-refractivity contribution in [3.8, 4) is 0 Å². The number of carbonyl (C=O) groups is 3. The number of imide groups is 1. The predicted molar refractivity (Wildman–Crippen MR) is 143 cm³/mol. The fourth-order valence-electron chi connectivity index (χ4n) is 4.80. The highest BCUT2D eigenvalue weighted by Gasteiger charge is 2.52. The molecule has 2 aliphatic rings. The van der Waals surface area contributed by atoms with E-state index in [-0.39, 0.29) is 24.4 Å².